The minimum absolute atomic E-state index is 0.102. The van der Waals surface area contributed by atoms with Gasteiger partial charge in [0.05, 0.1) is 12.3 Å². The minimum Gasteiger partial charge on any atom is -0.467 e. The van der Waals surface area contributed by atoms with E-state index in [2.05, 4.69) is 34.5 Å². The van der Waals surface area contributed by atoms with E-state index in [-0.39, 0.29) is 17.9 Å². The highest BCUT2D eigenvalue weighted by atomic mass is 19.4. The molecule has 0 radical (unpaired) electrons. The van der Waals surface area contributed by atoms with Crippen molar-refractivity contribution in [2.75, 3.05) is 28.6 Å². The number of benzene rings is 1. The van der Waals surface area contributed by atoms with Gasteiger partial charge in [-0.05, 0) is 50.2 Å². The van der Waals surface area contributed by atoms with Crippen molar-refractivity contribution in [3.63, 3.8) is 0 Å². The summed E-state index contributed by atoms with van der Waals surface area (Å²) in [5, 5.41) is 9.66. The van der Waals surface area contributed by atoms with Gasteiger partial charge in [0.15, 0.2) is 11.7 Å². The van der Waals surface area contributed by atoms with E-state index < -0.39 is 24.2 Å². The van der Waals surface area contributed by atoms with Crippen molar-refractivity contribution in [3.05, 3.63) is 60.2 Å². The maximum absolute atomic E-state index is 13.7. The van der Waals surface area contributed by atoms with Crippen molar-refractivity contribution in [2.24, 2.45) is 0 Å². The second-order valence-corrected chi connectivity index (χ2v) is 7.54. The summed E-state index contributed by atoms with van der Waals surface area (Å²) in [4.78, 5) is 14.9. The molecule has 1 aliphatic rings. The number of fused-ring (bicyclic) bond motifs is 1. The molecule has 2 atom stereocenters. The predicted molar refractivity (Wildman–Crippen MR) is 115 cm³/mol. The number of aromatic nitrogens is 2. The van der Waals surface area contributed by atoms with Crippen molar-refractivity contribution >= 4 is 23.1 Å². The van der Waals surface area contributed by atoms with Crippen LogP contribution in [0.25, 0.3) is 0 Å². The molecule has 1 amide bonds. The molecular formula is C22H24F3N5O2. The zero-order valence-corrected chi connectivity index (χ0v) is 17.7. The lowest BCUT2D eigenvalue weighted by molar-refractivity contribution is -0.174. The van der Waals surface area contributed by atoms with Crippen LogP contribution in [0.2, 0.25) is 0 Å². The molecule has 0 saturated carbocycles. The molecule has 1 aliphatic heterocycles. The lowest BCUT2D eigenvalue weighted by Crippen LogP contribution is -2.35. The van der Waals surface area contributed by atoms with Crippen molar-refractivity contribution in [2.45, 2.75) is 38.5 Å². The van der Waals surface area contributed by atoms with Gasteiger partial charge >= 0.3 is 6.18 Å². The molecule has 2 N–H and O–H groups in total. The molecule has 7 nitrogen and oxygen atoms in total. The highest BCUT2D eigenvalue weighted by Gasteiger charge is 2.47. The summed E-state index contributed by atoms with van der Waals surface area (Å²) in [5.74, 6) is -0.0761. The molecule has 10 heteroatoms. The summed E-state index contributed by atoms with van der Waals surface area (Å²) < 4.78 is 47.3. The number of nitrogens with zero attached hydrogens (tertiary/aromatic N) is 3. The topological polar surface area (TPSA) is 75.3 Å². The lowest BCUT2D eigenvalue weighted by atomic mass is 10.0. The van der Waals surface area contributed by atoms with Gasteiger partial charge in [-0.1, -0.05) is 0 Å². The molecule has 0 saturated heterocycles. The molecule has 0 bridgehead atoms. The highest BCUT2D eigenvalue weighted by molar-refractivity contribution is 6.03. The molecule has 3 aromatic rings. The van der Waals surface area contributed by atoms with E-state index in [0.29, 0.717) is 11.4 Å². The van der Waals surface area contributed by atoms with Gasteiger partial charge in [-0.25, -0.2) is 4.68 Å². The number of alkyl halides is 3. The Labute approximate surface area is 183 Å². The van der Waals surface area contributed by atoms with Crippen LogP contribution in [0.1, 0.15) is 48.6 Å². The van der Waals surface area contributed by atoms with Crippen molar-refractivity contribution < 1.29 is 22.4 Å². The number of amides is 1. The van der Waals surface area contributed by atoms with E-state index in [9.17, 15) is 18.0 Å². The van der Waals surface area contributed by atoms with E-state index in [0.717, 1.165) is 23.5 Å². The molecule has 3 heterocycles. The number of anilines is 3. The fourth-order valence-corrected chi connectivity index (χ4v) is 3.90. The van der Waals surface area contributed by atoms with Crippen LogP contribution in [0, 0.1) is 0 Å². The van der Waals surface area contributed by atoms with Crippen LogP contribution in [0.5, 0.6) is 0 Å². The number of nitrogens with one attached hydrogen (secondary N) is 2. The Morgan fingerprint density at radius 1 is 1.25 bits per heavy atom. The van der Waals surface area contributed by atoms with Gasteiger partial charge in [0.25, 0.3) is 5.91 Å². The first-order chi connectivity index (χ1) is 15.3. The van der Waals surface area contributed by atoms with Crippen LogP contribution >= 0.6 is 0 Å². The Bertz CT molecular complexity index is 1060. The average molecular weight is 447 g/mol. The zero-order valence-electron chi connectivity index (χ0n) is 17.7. The number of carbonyl (C=O) groups excluding carboxylic acids is 1. The Balaban J connectivity index is 1.55. The first kappa shape index (κ1) is 21.8. The standard InChI is InChI=1S/C22H24F3N5O2/c1-3-29(4-2)15-9-7-14(8-10-15)26-21(31)17-13-20-27-16(18-6-5-11-32-18)12-19(22(23,24)25)30(20)28-17/h5-11,13,16,19,27H,3-4,12H2,1-2H3,(H,26,31). The van der Waals surface area contributed by atoms with Crippen molar-refractivity contribution in [3.8, 4) is 0 Å². The van der Waals surface area contributed by atoms with Gasteiger partial charge < -0.3 is 20.0 Å². The lowest BCUT2D eigenvalue weighted by Gasteiger charge is -2.32. The minimum atomic E-state index is -4.53. The number of furan rings is 1. The van der Waals surface area contributed by atoms with Gasteiger partial charge in [-0.2, -0.15) is 18.3 Å². The molecule has 1 aromatic carbocycles. The monoisotopic (exact) mass is 447 g/mol. The molecule has 170 valence electrons. The van der Waals surface area contributed by atoms with Crippen LogP contribution in [-0.2, 0) is 0 Å². The van der Waals surface area contributed by atoms with Crippen molar-refractivity contribution in [1.82, 2.24) is 9.78 Å². The largest absolute Gasteiger partial charge is 0.467 e. The third-order valence-corrected chi connectivity index (χ3v) is 5.56. The molecule has 0 aliphatic carbocycles. The maximum atomic E-state index is 13.7. The third-order valence-electron chi connectivity index (χ3n) is 5.56. The van der Waals surface area contributed by atoms with Crippen LogP contribution in [-0.4, -0.2) is 35.0 Å². The SMILES string of the molecule is CCN(CC)c1ccc(NC(=O)c2cc3n(n2)C(C(F)(F)F)CC(c2ccco2)N3)cc1. The first-order valence-corrected chi connectivity index (χ1v) is 10.4. The number of carbonyl (C=O) groups is 1. The summed E-state index contributed by atoms with van der Waals surface area (Å²) in [5.41, 5.74) is 1.45. The molecule has 32 heavy (non-hydrogen) atoms. The molecule has 4 rings (SSSR count). The first-order valence-electron chi connectivity index (χ1n) is 10.4. The highest BCUT2D eigenvalue weighted by Crippen LogP contribution is 2.43. The fourth-order valence-electron chi connectivity index (χ4n) is 3.90. The second-order valence-electron chi connectivity index (χ2n) is 7.54. The normalized spacial score (nSPS) is 18.0. The number of hydrogen-bond acceptors (Lipinski definition) is 5. The quantitative estimate of drug-likeness (QED) is 0.541. The molecular weight excluding hydrogens is 423 g/mol. The van der Waals surface area contributed by atoms with Crippen LogP contribution in [0.4, 0.5) is 30.4 Å². The van der Waals surface area contributed by atoms with Crippen LogP contribution < -0.4 is 15.5 Å². The van der Waals surface area contributed by atoms with Crippen LogP contribution in [0.3, 0.4) is 0 Å². The Morgan fingerprint density at radius 3 is 2.56 bits per heavy atom. The van der Waals surface area contributed by atoms with Crippen molar-refractivity contribution in [1.29, 1.82) is 0 Å². The van der Waals surface area contributed by atoms with Crippen LogP contribution in [0.15, 0.2) is 53.1 Å². The number of halogens is 3. The Hall–Kier alpha value is -3.43. The fraction of sp³-hybridized carbons (Fsp3) is 0.364. The third kappa shape index (κ3) is 4.30. The van der Waals surface area contributed by atoms with E-state index in [1.807, 2.05) is 12.1 Å². The molecule has 2 unspecified atom stereocenters. The summed E-state index contributed by atoms with van der Waals surface area (Å²) in [6.45, 7) is 5.82. The molecule has 2 aromatic heterocycles. The van der Waals surface area contributed by atoms with Gasteiger partial charge in [0.1, 0.15) is 11.6 Å². The molecule has 0 fully saturated rings. The van der Waals surface area contributed by atoms with Gasteiger partial charge in [0.2, 0.25) is 0 Å². The maximum Gasteiger partial charge on any atom is 0.410 e. The summed E-state index contributed by atoms with van der Waals surface area (Å²) in [7, 11) is 0. The predicted octanol–water partition coefficient (Wildman–Crippen LogP) is 5.23. The van der Waals surface area contributed by atoms with Gasteiger partial charge in [-0.15, -0.1) is 0 Å². The Morgan fingerprint density at radius 2 is 1.97 bits per heavy atom. The van der Waals surface area contributed by atoms with Gasteiger partial charge in [0, 0.05) is 37.0 Å². The van der Waals surface area contributed by atoms with E-state index in [1.165, 1.54) is 12.3 Å². The van der Waals surface area contributed by atoms with Gasteiger partial charge in [-0.3, -0.25) is 4.79 Å². The summed E-state index contributed by atoms with van der Waals surface area (Å²) >= 11 is 0. The van der Waals surface area contributed by atoms with E-state index >= 15 is 0 Å². The summed E-state index contributed by atoms with van der Waals surface area (Å²) in [6, 6.07) is 9.30. The number of hydrogen-bond donors (Lipinski definition) is 2. The smallest absolute Gasteiger partial charge is 0.410 e. The van der Waals surface area contributed by atoms with E-state index in [4.69, 9.17) is 4.42 Å². The van der Waals surface area contributed by atoms with E-state index in [1.54, 1.807) is 24.3 Å². The second kappa shape index (κ2) is 8.60. The zero-order chi connectivity index (χ0) is 22.9. The average Bonchev–Trinajstić information content (AvgIpc) is 3.44. The summed E-state index contributed by atoms with van der Waals surface area (Å²) in [6.07, 6.45) is -3.41. The molecule has 0 spiro atoms. The Kier molecular flexibility index (Phi) is 5.86. The number of rotatable bonds is 6.